The van der Waals surface area contributed by atoms with Gasteiger partial charge in [0.2, 0.25) is 0 Å². The summed E-state index contributed by atoms with van der Waals surface area (Å²) in [7, 11) is -3.08. The van der Waals surface area contributed by atoms with Gasteiger partial charge in [-0.2, -0.15) is 13.2 Å². The summed E-state index contributed by atoms with van der Waals surface area (Å²) in [5.74, 6) is -0.406. The van der Waals surface area contributed by atoms with Crippen LogP contribution >= 0.6 is 11.6 Å². The highest BCUT2D eigenvalue weighted by atomic mass is 35.5. The molecule has 2 rings (SSSR count). The number of nitrogens with two attached hydrogens (primary N) is 1. The molecule has 11 heteroatoms. The van der Waals surface area contributed by atoms with E-state index in [1.54, 1.807) is 0 Å². The Bertz CT molecular complexity index is 947. The lowest BCUT2D eigenvalue weighted by atomic mass is 10.2. The number of sulfonamides is 1. The van der Waals surface area contributed by atoms with Gasteiger partial charge in [-0.1, -0.05) is 11.6 Å². The van der Waals surface area contributed by atoms with Gasteiger partial charge in [0.15, 0.2) is 6.61 Å². The van der Waals surface area contributed by atoms with Gasteiger partial charge in [-0.05, 0) is 42.5 Å². The molecule has 0 saturated carbocycles. The predicted molar refractivity (Wildman–Crippen MR) is 93.2 cm³/mol. The largest absolute Gasteiger partial charge is 0.484 e. The van der Waals surface area contributed by atoms with Crippen LogP contribution in [0.2, 0.25) is 5.02 Å². The fourth-order valence-electron chi connectivity index (χ4n) is 2.09. The van der Waals surface area contributed by atoms with Crippen molar-refractivity contribution < 1.29 is 31.1 Å². The van der Waals surface area contributed by atoms with Crippen molar-refractivity contribution in [3.05, 3.63) is 53.1 Å². The van der Waals surface area contributed by atoms with E-state index in [0.29, 0.717) is 6.07 Å². The summed E-state index contributed by atoms with van der Waals surface area (Å²) >= 11 is 5.52. The molecule has 0 spiro atoms. The van der Waals surface area contributed by atoms with Crippen molar-refractivity contribution >= 4 is 33.2 Å². The number of primary amides is 1. The van der Waals surface area contributed by atoms with Gasteiger partial charge in [0.05, 0.1) is 21.2 Å². The Hall–Kier alpha value is -2.46. The Morgan fingerprint density at radius 1 is 1.19 bits per heavy atom. The Balaban J connectivity index is 2.32. The van der Waals surface area contributed by atoms with E-state index in [2.05, 4.69) is 0 Å². The maximum atomic E-state index is 13.0. The van der Waals surface area contributed by atoms with Crippen molar-refractivity contribution in [3.8, 4) is 5.75 Å². The number of alkyl halides is 3. The first-order valence-electron chi connectivity index (χ1n) is 7.30. The second kappa shape index (κ2) is 7.65. The number of carbonyl (C=O) groups excluding carboxylic acids is 1. The van der Waals surface area contributed by atoms with Crippen LogP contribution < -0.4 is 14.8 Å². The lowest BCUT2D eigenvalue weighted by molar-refractivity contribution is -0.137. The molecule has 6 nitrogen and oxygen atoms in total. The third-order valence-corrected chi connectivity index (χ3v) is 5.59. The normalized spacial score (nSPS) is 11.9. The van der Waals surface area contributed by atoms with Crippen LogP contribution in [0.1, 0.15) is 5.56 Å². The van der Waals surface area contributed by atoms with E-state index in [4.69, 9.17) is 22.1 Å². The number of halogens is 4. The first-order valence-corrected chi connectivity index (χ1v) is 9.11. The molecule has 0 aliphatic carbocycles. The van der Waals surface area contributed by atoms with E-state index in [9.17, 15) is 26.4 Å². The van der Waals surface area contributed by atoms with Crippen LogP contribution in [0.25, 0.3) is 0 Å². The molecule has 0 unspecified atom stereocenters. The molecule has 0 fully saturated rings. The SMILES string of the molecule is CN(c1ccc(OCC(N)=O)cc1)S(=O)(=O)c1ccc(Cl)c(C(F)(F)F)c1. The van der Waals surface area contributed by atoms with Gasteiger partial charge in [-0.15, -0.1) is 0 Å². The third kappa shape index (κ3) is 4.83. The fourth-order valence-corrected chi connectivity index (χ4v) is 3.53. The van der Waals surface area contributed by atoms with E-state index in [-0.39, 0.29) is 18.0 Å². The monoisotopic (exact) mass is 422 g/mol. The molecular formula is C16H14ClF3N2O4S. The molecule has 0 saturated heterocycles. The molecular weight excluding hydrogens is 409 g/mol. The van der Waals surface area contributed by atoms with Crippen molar-refractivity contribution in [3.63, 3.8) is 0 Å². The van der Waals surface area contributed by atoms with Gasteiger partial charge in [-0.3, -0.25) is 9.10 Å². The maximum Gasteiger partial charge on any atom is 0.417 e. The minimum Gasteiger partial charge on any atom is -0.484 e. The zero-order chi connectivity index (χ0) is 20.4. The highest BCUT2D eigenvalue weighted by Crippen LogP contribution is 2.36. The summed E-state index contributed by atoms with van der Waals surface area (Å²) in [6.45, 7) is -0.349. The molecule has 0 aromatic heterocycles. The van der Waals surface area contributed by atoms with Crippen LogP contribution in [-0.4, -0.2) is 28.0 Å². The summed E-state index contributed by atoms with van der Waals surface area (Å²) in [5, 5.41) is -0.597. The second-order valence-corrected chi connectivity index (χ2v) is 7.74. The topological polar surface area (TPSA) is 89.7 Å². The number of benzene rings is 2. The molecule has 27 heavy (non-hydrogen) atoms. The number of hydrogen-bond donors (Lipinski definition) is 1. The summed E-state index contributed by atoms with van der Waals surface area (Å²) in [6, 6.07) is 7.89. The zero-order valence-corrected chi connectivity index (χ0v) is 15.4. The quantitative estimate of drug-likeness (QED) is 0.774. The zero-order valence-electron chi connectivity index (χ0n) is 13.8. The van der Waals surface area contributed by atoms with E-state index < -0.39 is 37.6 Å². The highest BCUT2D eigenvalue weighted by Gasteiger charge is 2.35. The first-order chi connectivity index (χ1) is 12.4. The molecule has 2 aromatic carbocycles. The molecule has 146 valence electrons. The van der Waals surface area contributed by atoms with Crippen LogP contribution in [0.15, 0.2) is 47.4 Å². The number of amides is 1. The summed E-state index contributed by atoms with van der Waals surface area (Å²) in [6.07, 6.45) is -4.79. The van der Waals surface area contributed by atoms with Crippen LogP contribution in [-0.2, 0) is 21.0 Å². The number of hydrogen-bond acceptors (Lipinski definition) is 4. The standard InChI is InChI=1S/C16H14ClF3N2O4S/c1-22(10-2-4-11(5-3-10)26-9-15(21)23)27(24,25)12-6-7-14(17)13(8-12)16(18,19)20/h2-8H,9H2,1H3,(H2,21,23). The summed E-state index contributed by atoms with van der Waals surface area (Å²) in [4.78, 5) is 10.1. The van der Waals surface area contributed by atoms with Crippen LogP contribution in [0.3, 0.4) is 0 Å². The highest BCUT2D eigenvalue weighted by molar-refractivity contribution is 7.92. The Morgan fingerprint density at radius 3 is 2.30 bits per heavy atom. The van der Waals surface area contributed by atoms with Gasteiger partial charge >= 0.3 is 6.18 Å². The molecule has 2 N–H and O–H groups in total. The molecule has 0 atom stereocenters. The fraction of sp³-hybridized carbons (Fsp3) is 0.188. The molecule has 0 heterocycles. The van der Waals surface area contributed by atoms with E-state index in [1.165, 1.54) is 31.3 Å². The van der Waals surface area contributed by atoms with Gasteiger partial charge in [0.25, 0.3) is 15.9 Å². The first kappa shape index (κ1) is 20.8. The smallest absolute Gasteiger partial charge is 0.417 e. The van der Waals surface area contributed by atoms with E-state index in [1.807, 2.05) is 0 Å². The van der Waals surface area contributed by atoms with Crippen molar-refractivity contribution in [1.82, 2.24) is 0 Å². The van der Waals surface area contributed by atoms with Crippen molar-refractivity contribution in [2.75, 3.05) is 18.0 Å². The maximum absolute atomic E-state index is 13.0. The van der Waals surface area contributed by atoms with Crippen molar-refractivity contribution in [1.29, 1.82) is 0 Å². The lowest BCUT2D eigenvalue weighted by Gasteiger charge is -2.21. The molecule has 0 bridgehead atoms. The van der Waals surface area contributed by atoms with Crippen molar-refractivity contribution in [2.45, 2.75) is 11.1 Å². The number of carbonyl (C=O) groups is 1. The Labute approximate surface area is 158 Å². The molecule has 2 aromatic rings. The number of ether oxygens (including phenoxy) is 1. The van der Waals surface area contributed by atoms with Gasteiger partial charge in [0, 0.05) is 7.05 Å². The summed E-state index contributed by atoms with van der Waals surface area (Å²) in [5.41, 5.74) is 3.88. The third-order valence-electron chi connectivity index (χ3n) is 3.48. The average Bonchev–Trinajstić information content (AvgIpc) is 2.59. The minimum atomic E-state index is -4.79. The van der Waals surface area contributed by atoms with Gasteiger partial charge < -0.3 is 10.5 Å². The number of nitrogens with zero attached hydrogens (tertiary/aromatic N) is 1. The number of anilines is 1. The second-order valence-electron chi connectivity index (χ2n) is 5.36. The lowest BCUT2D eigenvalue weighted by Crippen LogP contribution is -2.27. The van der Waals surface area contributed by atoms with Gasteiger partial charge in [0.1, 0.15) is 5.75 Å². The van der Waals surface area contributed by atoms with E-state index >= 15 is 0 Å². The average molecular weight is 423 g/mol. The van der Waals surface area contributed by atoms with Crippen LogP contribution in [0, 0.1) is 0 Å². The van der Waals surface area contributed by atoms with Crippen molar-refractivity contribution in [2.24, 2.45) is 5.73 Å². The van der Waals surface area contributed by atoms with Crippen LogP contribution in [0.5, 0.6) is 5.75 Å². The molecule has 0 aliphatic rings. The molecule has 1 amide bonds. The van der Waals surface area contributed by atoms with Crippen LogP contribution in [0.4, 0.5) is 18.9 Å². The molecule has 0 aliphatic heterocycles. The predicted octanol–water partition coefficient (Wildman–Crippen LogP) is 3.05. The van der Waals surface area contributed by atoms with E-state index in [0.717, 1.165) is 16.4 Å². The number of rotatable bonds is 6. The van der Waals surface area contributed by atoms with Gasteiger partial charge in [-0.25, -0.2) is 8.42 Å². The summed E-state index contributed by atoms with van der Waals surface area (Å²) < 4.78 is 70.1. The Morgan fingerprint density at radius 2 is 1.78 bits per heavy atom. The Kier molecular flexibility index (Phi) is 5.91. The minimum absolute atomic E-state index is 0.171. The molecule has 0 radical (unpaired) electrons.